The van der Waals surface area contributed by atoms with Gasteiger partial charge in [-0.2, -0.15) is 0 Å². The van der Waals surface area contributed by atoms with Gasteiger partial charge in [-0.1, -0.05) is 17.7 Å². The Hall–Kier alpha value is -4.84. The molecule has 3 heterocycles. The number of benzene rings is 2. The van der Waals surface area contributed by atoms with E-state index in [0.29, 0.717) is 46.2 Å². The van der Waals surface area contributed by atoms with Gasteiger partial charge in [0.05, 0.1) is 28.6 Å². The Bertz CT molecular complexity index is 1680. The molecule has 2 aromatic carbocycles. The SMILES string of the molecule is Cc1ccc(S(=O)(=O)Nc2ccc(NCCNC(=O)c3ccc(O)c4[nH]c(-c5ccco5)nc34)nc2)cc1. The molecule has 38 heavy (non-hydrogen) atoms. The molecule has 0 radical (unpaired) electrons. The molecule has 0 aliphatic carbocycles. The van der Waals surface area contributed by atoms with Crippen LogP contribution >= 0.6 is 0 Å². The van der Waals surface area contributed by atoms with Gasteiger partial charge in [0.1, 0.15) is 22.6 Å². The molecule has 194 valence electrons. The molecule has 3 aromatic heterocycles. The van der Waals surface area contributed by atoms with E-state index in [4.69, 9.17) is 4.42 Å². The summed E-state index contributed by atoms with van der Waals surface area (Å²) in [4.78, 5) is 24.6. The fourth-order valence-corrected chi connectivity index (χ4v) is 4.79. The molecule has 0 saturated carbocycles. The first-order valence-corrected chi connectivity index (χ1v) is 13.1. The maximum Gasteiger partial charge on any atom is 0.261 e. The summed E-state index contributed by atoms with van der Waals surface area (Å²) in [5, 5.41) is 16.1. The molecule has 0 unspecified atom stereocenters. The van der Waals surface area contributed by atoms with Gasteiger partial charge in [0.2, 0.25) is 0 Å². The zero-order chi connectivity index (χ0) is 26.7. The van der Waals surface area contributed by atoms with Crippen LogP contribution < -0.4 is 15.4 Å². The van der Waals surface area contributed by atoms with Gasteiger partial charge in [-0.15, -0.1) is 0 Å². The van der Waals surface area contributed by atoms with E-state index in [1.807, 2.05) is 6.92 Å². The highest BCUT2D eigenvalue weighted by atomic mass is 32.2. The lowest BCUT2D eigenvalue weighted by atomic mass is 10.1. The number of phenolic OH excluding ortho intramolecular Hbond substituents is 1. The van der Waals surface area contributed by atoms with E-state index in [9.17, 15) is 18.3 Å². The lowest BCUT2D eigenvalue weighted by Crippen LogP contribution is -2.29. The predicted molar refractivity (Wildman–Crippen MR) is 143 cm³/mol. The van der Waals surface area contributed by atoms with Crippen LogP contribution in [0.15, 0.2) is 82.4 Å². The van der Waals surface area contributed by atoms with Crippen LogP contribution in [0, 0.1) is 6.92 Å². The summed E-state index contributed by atoms with van der Waals surface area (Å²) in [6, 6.07) is 16.2. The summed E-state index contributed by atoms with van der Waals surface area (Å²) < 4.78 is 32.9. The van der Waals surface area contributed by atoms with Crippen molar-refractivity contribution in [1.29, 1.82) is 0 Å². The molecule has 0 saturated heterocycles. The Balaban J connectivity index is 1.16. The van der Waals surface area contributed by atoms with Crippen molar-refractivity contribution in [3.63, 3.8) is 0 Å². The minimum Gasteiger partial charge on any atom is -0.506 e. The van der Waals surface area contributed by atoms with Gasteiger partial charge in [-0.3, -0.25) is 9.52 Å². The smallest absolute Gasteiger partial charge is 0.261 e. The fraction of sp³-hybridized carbons (Fsp3) is 0.115. The third kappa shape index (κ3) is 5.30. The number of phenols is 1. The van der Waals surface area contributed by atoms with Crippen molar-refractivity contribution in [3.8, 4) is 17.3 Å². The third-order valence-corrected chi connectivity index (χ3v) is 7.08. The number of fused-ring (bicyclic) bond motifs is 1. The van der Waals surface area contributed by atoms with Crippen molar-refractivity contribution >= 4 is 38.5 Å². The zero-order valence-corrected chi connectivity index (χ0v) is 21.0. The lowest BCUT2D eigenvalue weighted by Gasteiger charge is -2.10. The second-order valence-electron chi connectivity index (χ2n) is 8.45. The Morgan fingerprint density at radius 3 is 2.58 bits per heavy atom. The maximum atomic E-state index is 12.8. The molecule has 5 aromatic rings. The number of aromatic hydroxyl groups is 1. The van der Waals surface area contributed by atoms with Crippen molar-refractivity contribution in [2.75, 3.05) is 23.1 Å². The number of hydrogen-bond acceptors (Lipinski definition) is 8. The fourth-order valence-electron chi connectivity index (χ4n) is 3.74. The van der Waals surface area contributed by atoms with Crippen LogP contribution in [0.3, 0.4) is 0 Å². The molecule has 5 N–H and O–H groups in total. The number of aryl methyl sites for hydroxylation is 1. The molecule has 11 nitrogen and oxygen atoms in total. The van der Waals surface area contributed by atoms with Gasteiger partial charge in [-0.25, -0.2) is 18.4 Å². The van der Waals surface area contributed by atoms with Gasteiger partial charge in [-0.05, 0) is 55.5 Å². The predicted octanol–water partition coefficient (Wildman–Crippen LogP) is 3.87. The first kappa shape index (κ1) is 24.8. The van der Waals surface area contributed by atoms with Crippen molar-refractivity contribution in [1.82, 2.24) is 20.3 Å². The number of anilines is 2. The number of aromatic amines is 1. The number of imidazole rings is 1. The van der Waals surface area contributed by atoms with Gasteiger partial charge in [0.15, 0.2) is 11.6 Å². The molecule has 12 heteroatoms. The normalized spacial score (nSPS) is 11.4. The molecular formula is C26H24N6O5S. The molecule has 0 atom stereocenters. The number of amides is 1. The van der Waals surface area contributed by atoms with E-state index < -0.39 is 10.0 Å². The Labute approximate surface area is 218 Å². The summed E-state index contributed by atoms with van der Waals surface area (Å²) in [7, 11) is -3.72. The van der Waals surface area contributed by atoms with Gasteiger partial charge >= 0.3 is 0 Å². The summed E-state index contributed by atoms with van der Waals surface area (Å²) >= 11 is 0. The summed E-state index contributed by atoms with van der Waals surface area (Å²) in [6.45, 7) is 2.53. The van der Waals surface area contributed by atoms with Crippen LogP contribution in [0.25, 0.3) is 22.6 Å². The molecule has 0 fully saturated rings. The van der Waals surface area contributed by atoms with Crippen molar-refractivity contribution in [2.45, 2.75) is 11.8 Å². The summed E-state index contributed by atoms with van der Waals surface area (Å²) in [6.07, 6.45) is 2.92. The van der Waals surface area contributed by atoms with Crippen LogP contribution in [-0.2, 0) is 10.0 Å². The minimum absolute atomic E-state index is 0.0285. The highest BCUT2D eigenvalue weighted by Crippen LogP contribution is 2.29. The largest absolute Gasteiger partial charge is 0.506 e. The molecule has 0 bridgehead atoms. The second-order valence-corrected chi connectivity index (χ2v) is 10.1. The topological polar surface area (TPSA) is 162 Å². The number of hydrogen-bond donors (Lipinski definition) is 5. The van der Waals surface area contributed by atoms with Crippen LogP contribution in [0.5, 0.6) is 5.75 Å². The molecule has 0 aliphatic rings. The number of carbonyl (C=O) groups is 1. The van der Waals surface area contributed by atoms with Crippen LogP contribution in [-0.4, -0.2) is 47.5 Å². The quantitative estimate of drug-likeness (QED) is 0.179. The van der Waals surface area contributed by atoms with Crippen molar-refractivity contribution in [2.24, 2.45) is 0 Å². The van der Waals surface area contributed by atoms with E-state index >= 15 is 0 Å². The number of aromatic nitrogens is 3. The van der Waals surface area contributed by atoms with Crippen LogP contribution in [0.2, 0.25) is 0 Å². The molecule has 5 rings (SSSR count). The highest BCUT2D eigenvalue weighted by molar-refractivity contribution is 7.92. The number of pyridine rings is 1. The standard InChI is InChI=1S/C26H24N6O5S/c1-16-4-7-18(8-5-16)38(35,36)32-17-6-11-22(29-15-17)27-12-13-28-26(34)19-9-10-20(33)24-23(19)30-25(31-24)21-3-2-14-37-21/h2-11,14-15,32-33H,12-13H2,1H3,(H,27,29)(H,28,34)(H,30,31). The number of carbonyl (C=O) groups excluding carboxylic acids is 1. The molecule has 0 spiro atoms. The zero-order valence-electron chi connectivity index (χ0n) is 20.2. The Morgan fingerprint density at radius 2 is 1.87 bits per heavy atom. The van der Waals surface area contributed by atoms with E-state index in [-0.39, 0.29) is 23.1 Å². The van der Waals surface area contributed by atoms with Gasteiger partial charge in [0, 0.05) is 13.1 Å². The average molecular weight is 533 g/mol. The number of sulfonamides is 1. The molecule has 0 aliphatic heterocycles. The third-order valence-electron chi connectivity index (χ3n) is 5.69. The number of H-pyrrole nitrogens is 1. The number of rotatable bonds is 9. The van der Waals surface area contributed by atoms with E-state index in [1.54, 1.807) is 48.5 Å². The second kappa shape index (κ2) is 10.3. The van der Waals surface area contributed by atoms with E-state index in [2.05, 4.69) is 30.3 Å². The minimum atomic E-state index is -3.72. The van der Waals surface area contributed by atoms with Gasteiger partial charge < -0.3 is 25.1 Å². The van der Waals surface area contributed by atoms with Crippen molar-refractivity contribution in [3.05, 3.63) is 84.3 Å². The maximum absolute atomic E-state index is 12.8. The lowest BCUT2D eigenvalue weighted by molar-refractivity contribution is 0.0956. The van der Waals surface area contributed by atoms with Crippen LogP contribution in [0.1, 0.15) is 15.9 Å². The highest BCUT2D eigenvalue weighted by Gasteiger charge is 2.18. The number of furan rings is 1. The molecule has 1 amide bonds. The van der Waals surface area contributed by atoms with E-state index in [1.165, 1.54) is 24.6 Å². The first-order chi connectivity index (χ1) is 18.3. The molecular weight excluding hydrogens is 508 g/mol. The first-order valence-electron chi connectivity index (χ1n) is 11.6. The summed E-state index contributed by atoms with van der Waals surface area (Å²) in [5.41, 5.74) is 2.26. The van der Waals surface area contributed by atoms with Crippen molar-refractivity contribution < 1.29 is 22.7 Å². The van der Waals surface area contributed by atoms with Gasteiger partial charge in [0.25, 0.3) is 15.9 Å². The summed E-state index contributed by atoms with van der Waals surface area (Å²) in [5.74, 6) is 1.01. The number of nitrogens with one attached hydrogen (secondary N) is 4. The average Bonchev–Trinajstić information content (AvgIpc) is 3.59. The monoisotopic (exact) mass is 532 g/mol. The van der Waals surface area contributed by atoms with Crippen LogP contribution in [0.4, 0.5) is 11.5 Å². The number of nitrogens with zero attached hydrogens (tertiary/aromatic N) is 2. The Kier molecular flexibility index (Phi) is 6.71. The van der Waals surface area contributed by atoms with E-state index in [0.717, 1.165) is 5.56 Å². The Morgan fingerprint density at radius 1 is 1.05 bits per heavy atom.